The van der Waals surface area contributed by atoms with Gasteiger partial charge in [0.25, 0.3) is 0 Å². The number of benzene rings is 1. The maximum absolute atomic E-state index is 12.6. The standard InChI is InChI=1S/C16H16N4O3.K/c1-23-12-6-2-10(3-7-12)8-19-9-17-14-13(19)15(21)20(11-4-5-11)16(22)18-14;/h2-3,6-7,9,11H,4-5,8H2,1H3,(H,18,21,22);/q;+1/p-1. The molecule has 4 rings (SSSR count). The molecule has 0 bridgehead atoms. The van der Waals surface area contributed by atoms with Gasteiger partial charge in [0, 0.05) is 18.5 Å². The van der Waals surface area contributed by atoms with Gasteiger partial charge in [0.1, 0.15) is 11.3 Å². The van der Waals surface area contributed by atoms with Crippen molar-refractivity contribution in [2.45, 2.75) is 25.4 Å². The smallest absolute Gasteiger partial charge is 0.497 e. The Bertz CT molecular complexity index is 983. The van der Waals surface area contributed by atoms with Crippen molar-refractivity contribution < 1.29 is 56.1 Å². The Morgan fingerprint density at radius 2 is 1.96 bits per heavy atom. The maximum atomic E-state index is 12.6. The third-order valence-corrected chi connectivity index (χ3v) is 4.07. The van der Waals surface area contributed by atoms with Crippen LogP contribution in [0.25, 0.3) is 11.2 Å². The van der Waals surface area contributed by atoms with E-state index < -0.39 is 5.69 Å². The predicted octanol–water partition coefficient (Wildman–Crippen LogP) is -2.09. The number of hydrogen-bond donors (Lipinski definition) is 0. The van der Waals surface area contributed by atoms with Crippen LogP contribution in [0.2, 0.25) is 0 Å². The average molecular weight is 350 g/mol. The molecule has 1 saturated carbocycles. The summed E-state index contributed by atoms with van der Waals surface area (Å²) in [4.78, 5) is 32.7. The largest absolute Gasteiger partial charge is 1.00 e. The first-order chi connectivity index (χ1) is 11.2. The van der Waals surface area contributed by atoms with E-state index >= 15 is 0 Å². The van der Waals surface area contributed by atoms with Gasteiger partial charge in [0.2, 0.25) is 11.2 Å². The summed E-state index contributed by atoms with van der Waals surface area (Å²) < 4.78 is 8.14. The average Bonchev–Trinajstić information content (AvgIpc) is 3.30. The van der Waals surface area contributed by atoms with Crippen LogP contribution in [-0.4, -0.2) is 21.2 Å². The third-order valence-electron chi connectivity index (χ3n) is 4.07. The molecule has 0 radical (unpaired) electrons. The van der Waals surface area contributed by atoms with Crippen LogP contribution in [0.3, 0.4) is 0 Å². The molecule has 0 unspecified atom stereocenters. The van der Waals surface area contributed by atoms with Crippen molar-refractivity contribution in [2.75, 3.05) is 7.11 Å². The van der Waals surface area contributed by atoms with Gasteiger partial charge in [0.15, 0.2) is 0 Å². The molecule has 0 N–H and O–H groups in total. The summed E-state index contributed by atoms with van der Waals surface area (Å²) >= 11 is 0. The summed E-state index contributed by atoms with van der Waals surface area (Å²) in [5.74, 6) is 0.776. The van der Waals surface area contributed by atoms with Crippen LogP contribution in [0.15, 0.2) is 40.2 Å². The summed E-state index contributed by atoms with van der Waals surface area (Å²) in [5, 5.41) is 0. The minimum atomic E-state index is -0.500. The quantitative estimate of drug-likeness (QED) is 0.504. The van der Waals surface area contributed by atoms with Crippen LogP contribution >= 0.6 is 0 Å². The first-order valence-electron chi connectivity index (χ1n) is 7.44. The molecule has 1 aliphatic rings. The fraction of sp³-hybridized carbons (Fsp3) is 0.312. The molecule has 0 amide bonds. The van der Waals surface area contributed by atoms with Crippen LogP contribution in [-0.2, 0) is 6.54 Å². The first kappa shape index (κ1) is 17.6. The van der Waals surface area contributed by atoms with Gasteiger partial charge >= 0.3 is 51.4 Å². The Morgan fingerprint density at radius 3 is 2.58 bits per heavy atom. The van der Waals surface area contributed by atoms with Crippen molar-refractivity contribution in [3.63, 3.8) is 0 Å². The van der Waals surface area contributed by atoms with E-state index in [0.717, 1.165) is 24.2 Å². The van der Waals surface area contributed by atoms with Crippen molar-refractivity contribution in [2.24, 2.45) is 0 Å². The van der Waals surface area contributed by atoms with Gasteiger partial charge in [-0.2, -0.15) is 0 Å². The molecule has 0 spiro atoms. The summed E-state index contributed by atoms with van der Waals surface area (Å²) in [7, 11) is 1.62. The zero-order valence-electron chi connectivity index (χ0n) is 13.6. The van der Waals surface area contributed by atoms with Gasteiger partial charge in [-0.3, -0.25) is 9.59 Å². The Labute approximate surface area is 180 Å². The molecule has 0 saturated heterocycles. The second kappa shape index (κ2) is 6.97. The SMILES string of the molecule is COc1ccc(Cn2cnc3[n-]c(=O)n(C4CC4)c(=O)c32)cc1.[K+]. The first-order valence-corrected chi connectivity index (χ1v) is 7.44. The van der Waals surface area contributed by atoms with Crippen LogP contribution in [0.1, 0.15) is 24.4 Å². The summed E-state index contributed by atoms with van der Waals surface area (Å²) in [6, 6.07) is 7.59. The summed E-state index contributed by atoms with van der Waals surface area (Å²) in [6.07, 6.45) is 3.27. The topological polar surface area (TPSA) is 80.2 Å². The van der Waals surface area contributed by atoms with Crippen molar-refractivity contribution >= 4 is 11.2 Å². The maximum Gasteiger partial charge on any atom is 1.00 e. The van der Waals surface area contributed by atoms with Gasteiger partial charge in [-0.1, -0.05) is 12.1 Å². The van der Waals surface area contributed by atoms with Crippen LogP contribution in [0, 0.1) is 0 Å². The van der Waals surface area contributed by atoms with E-state index in [9.17, 15) is 9.59 Å². The van der Waals surface area contributed by atoms with E-state index in [0.29, 0.717) is 12.1 Å². The predicted molar refractivity (Wildman–Crippen MR) is 84.0 cm³/mol. The molecule has 2 aromatic heterocycles. The molecule has 2 heterocycles. The molecule has 118 valence electrons. The molecule has 24 heavy (non-hydrogen) atoms. The van der Waals surface area contributed by atoms with E-state index in [2.05, 4.69) is 9.97 Å². The van der Waals surface area contributed by atoms with Crippen LogP contribution < -0.4 is 72.4 Å². The normalized spacial score (nSPS) is 13.7. The number of aromatic nitrogens is 4. The third kappa shape index (κ3) is 3.16. The van der Waals surface area contributed by atoms with E-state index in [-0.39, 0.29) is 68.6 Å². The molecular formula is C16H15KN4O3. The van der Waals surface area contributed by atoms with E-state index in [4.69, 9.17) is 4.74 Å². The number of hydrogen-bond acceptors (Lipinski definition) is 4. The Hall–Kier alpha value is -1.19. The molecule has 7 nitrogen and oxygen atoms in total. The molecule has 1 aromatic carbocycles. The second-order valence-electron chi connectivity index (χ2n) is 5.69. The van der Waals surface area contributed by atoms with Gasteiger partial charge in [-0.25, -0.2) is 0 Å². The van der Waals surface area contributed by atoms with Crippen molar-refractivity contribution in [1.82, 2.24) is 19.1 Å². The number of nitrogens with zero attached hydrogens (tertiary/aromatic N) is 4. The van der Waals surface area contributed by atoms with Crippen molar-refractivity contribution in [1.29, 1.82) is 0 Å². The second-order valence-corrected chi connectivity index (χ2v) is 5.69. The molecule has 0 aliphatic heterocycles. The van der Waals surface area contributed by atoms with Gasteiger partial charge in [0.05, 0.1) is 7.11 Å². The van der Waals surface area contributed by atoms with Crippen molar-refractivity contribution in [3.05, 3.63) is 57.0 Å². The molecule has 3 aromatic rings. The van der Waals surface area contributed by atoms with Crippen LogP contribution in [0.5, 0.6) is 5.75 Å². The number of imidazole rings is 1. The zero-order chi connectivity index (χ0) is 16.0. The molecular weight excluding hydrogens is 335 g/mol. The Morgan fingerprint density at radius 1 is 1.25 bits per heavy atom. The number of fused-ring (bicyclic) bond motifs is 1. The Balaban J connectivity index is 0.00000169. The van der Waals surface area contributed by atoms with Crippen molar-refractivity contribution in [3.8, 4) is 5.75 Å². The number of rotatable bonds is 4. The number of ether oxygens (including phenoxy) is 1. The number of methoxy groups -OCH3 is 1. The van der Waals surface area contributed by atoms with Gasteiger partial charge in [-0.15, -0.1) is 0 Å². The van der Waals surface area contributed by atoms with Gasteiger partial charge < -0.3 is 23.8 Å². The summed E-state index contributed by atoms with van der Waals surface area (Å²) in [5.41, 5.74) is 0.805. The van der Waals surface area contributed by atoms with Gasteiger partial charge in [-0.05, 0) is 36.6 Å². The monoisotopic (exact) mass is 350 g/mol. The fourth-order valence-electron chi connectivity index (χ4n) is 2.72. The Kier molecular flexibility index (Phi) is 5.12. The van der Waals surface area contributed by atoms with E-state index in [1.807, 2.05) is 24.3 Å². The fourth-order valence-corrected chi connectivity index (χ4v) is 2.72. The summed E-state index contributed by atoms with van der Waals surface area (Å²) in [6.45, 7) is 0.486. The minimum Gasteiger partial charge on any atom is -0.497 e. The molecule has 0 atom stereocenters. The minimum absolute atomic E-state index is 0. The molecule has 1 fully saturated rings. The molecule has 8 heteroatoms. The zero-order valence-corrected chi connectivity index (χ0v) is 16.7. The van der Waals surface area contributed by atoms with E-state index in [1.165, 1.54) is 4.57 Å². The van der Waals surface area contributed by atoms with E-state index in [1.54, 1.807) is 18.0 Å². The van der Waals surface area contributed by atoms with Crippen LogP contribution in [0.4, 0.5) is 0 Å². The molecule has 1 aliphatic carbocycles.